The molecule has 0 fully saturated rings. The fourth-order valence-corrected chi connectivity index (χ4v) is 6.61. The Bertz CT molecular complexity index is 2390. The van der Waals surface area contributed by atoms with Gasteiger partial charge >= 0.3 is 0 Å². The number of benzene rings is 4. The van der Waals surface area contributed by atoms with Gasteiger partial charge in [0.25, 0.3) is 0 Å². The van der Waals surface area contributed by atoms with Crippen molar-refractivity contribution in [2.24, 2.45) is 4.99 Å². The molecule has 0 amide bonds. The molecule has 4 aromatic carbocycles. The fourth-order valence-electron chi connectivity index (χ4n) is 6.61. The molecule has 2 aliphatic rings. The third kappa shape index (κ3) is 4.10. The van der Waals surface area contributed by atoms with Crippen molar-refractivity contribution in [3.8, 4) is 22.5 Å². The average molecular weight is 594 g/mol. The van der Waals surface area contributed by atoms with Crippen molar-refractivity contribution in [2.45, 2.75) is 6.92 Å². The zero-order valence-electron chi connectivity index (χ0n) is 25.6. The zero-order chi connectivity index (χ0) is 31.5. The number of nitrogens with zero attached hydrogens (tertiary/aromatic N) is 5. The molecular weight excluding hydrogens is 562 g/mol. The maximum Gasteiger partial charge on any atom is 0.221 e. The highest BCUT2D eigenvalue weighted by Crippen LogP contribution is 2.43. The van der Waals surface area contributed by atoms with Crippen molar-refractivity contribution >= 4 is 45.4 Å². The monoisotopic (exact) mass is 593 g/mol. The van der Waals surface area contributed by atoms with Crippen LogP contribution in [-0.4, -0.2) is 19.8 Å². The van der Waals surface area contributed by atoms with Gasteiger partial charge in [-0.3, -0.25) is 9.47 Å². The van der Waals surface area contributed by atoms with Crippen LogP contribution in [0.15, 0.2) is 158 Å². The van der Waals surface area contributed by atoms with E-state index in [0.29, 0.717) is 11.8 Å². The van der Waals surface area contributed by atoms with E-state index in [1.165, 1.54) is 10.9 Å². The van der Waals surface area contributed by atoms with E-state index in [1.807, 2.05) is 59.5 Å². The summed E-state index contributed by atoms with van der Waals surface area (Å²) in [6.45, 7) is 19.3. The van der Waals surface area contributed by atoms with Crippen molar-refractivity contribution in [3.63, 3.8) is 0 Å². The highest BCUT2D eigenvalue weighted by atomic mass is 15.4. The first kappa shape index (κ1) is 27.4. The summed E-state index contributed by atoms with van der Waals surface area (Å²) in [7, 11) is 0. The third-order valence-electron chi connectivity index (χ3n) is 8.87. The van der Waals surface area contributed by atoms with E-state index in [-0.39, 0.29) is 0 Å². The van der Waals surface area contributed by atoms with Crippen LogP contribution in [0.5, 0.6) is 0 Å². The lowest BCUT2D eigenvalue weighted by molar-refractivity contribution is 0.963. The third-order valence-corrected chi connectivity index (χ3v) is 8.87. The predicted molar refractivity (Wildman–Crippen MR) is 194 cm³/mol. The summed E-state index contributed by atoms with van der Waals surface area (Å²) in [5.41, 5.74) is 13.0. The van der Waals surface area contributed by atoms with E-state index in [1.54, 1.807) is 0 Å². The molecule has 0 unspecified atom stereocenters. The lowest BCUT2D eigenvalue weighted by atomic mass is 9.98. The van der Waals surface area contributed by atoms with Crippen molar-refractivity contribution < 1.29 is 0 Å². The molecule has 8 rings (SSSR count). The van der Waals surface area contributed by atoms with Gasteiger partial charge in [-0.2, -0.15) is 0 Å². The smallest absolute Gasteiger partial charge is 0.221 e. The van der Waals surface area contributed by atoms with Gasteiger partial charge in [0.1, 0.15) is 5.82 Å². The number of hydrogen-bond donors (Lipinski definition) is 0. The molecule has 5 heteroatoms. The number of aromatic nitrogens is 3. The molecule has 0 bridgehead atoms. The topological polar surface area (TPSA) is 38.4 Å². The van der Waals surface area contributed by atoms with Gasteiger partial charge in [0.05, 0.1) is 33.6 Å². The Kier molecular flexibility index (Phi) is 6.22. The molecule has 220 valence electrons. The molecule has 0 saturated carbocycles. The largest absolute Gasteiger partial charge is 0.310 e. The van der Waals surface area contributed by atoms with Crippen molar-refractivity contribution in [1.29, 1.82) is 0 Å². The van der Waals surface area contributed by atoms with Crippen LogP contribution in [0.3, 0.4) is 0 Å². The molecule has 6 aromatic rings. The summed E-state index contributed by atoms with van der Waals surface area (Å²) < 4.78 is 4.47. The molecule has 0 spiro atoms. The van der Waals surface area contributed by atoms with Crippen LogP contribution in [0.4, 0.5) is 5.95 Å². The van der Waals surface area contributed by atoms with E-state index in [9.17, 15) is 0 Å². The lowest BCUT2D eigenvalue weighted by Crippen LogP contribution is -2.27. The van der Waals surface area contributed by atoms with E-state index in [2.05, 4.69) is 109 Å². The number of aliphatic imine (C=N–C) groups is 1. The van der Waals surface area contributed by atoms with Crippen LogP contribution >= 0.6 is 0 Å². The Morgan fingerprint density at radius 3 is 2.35 bits per heavy atom. The minimum atomic E-state index is 0.522. The molecule has 1 aliphatic heterocycles. The number of rotatable bonds is 5. The summed E-state index contributed by atoms with van der Waals surface area (Å²) in [6.07, 6.45) is 9.73. The normalized spacial score (nSPS) is 14.7. The minimum Gasteiger partial charge on any atom is -0.310 e. The van der Waals surface area contributed by atoms with Gasteiger partial charge in [-0.15, -0.1) is 0 Å². The van der Waals surface area contributed by atoms with Crippen molar-refractivity contribution in [1.82, 2.24) is 14.1 Å². The maximum atomic E-state index is 5.05. The van der Waals surface area contributed by atoms with Crippen LogP contribution in [0.25, 0.3) is 56.2 Å². The number of hydrogen-bond acceptors (Lipinski definition) is 3. The average Bonchev–Trinajstić information content (AvgIpc) is 3.60. The Hall–Kier alpha value is -6.20. The zero-order valence-corrected chi connectivity index (χ0v) is 25.6. The van der Waals surface area contributed by atoms with E-state index >= 15 is 0 Å². The molecule has 5 nitrogen and oxygen atoms in total. The maximum absolute atomic E-state index is 5.05. The van der Waals surface area contributed by atoms with Gasteiger partial charge in [0.15, 0.2) is 0 Å². The summed E-state index contributed by atoms with van der Waals surface area (Å²) in [5.74, 6) is 1.22. The summed E-state index contributed by atoms with van der Waals surface area (Å²) in [4.78, 5) is 11.9. The molecule has 3 heterocycles. The van der Waals surface area contributed by atoms with Crippen molar-refractivity contribution in [2.75, 3.05) is 4.90 Å². The highest BCUT2D eigenvalue weighted by molar-refractivity contribution is 6.12. The van der Waals surface area contributed by atoms with Crippen LogP contribution in [0.2, 0.25) is 0 Å². The standard InChI is InChI=1S/C41H31N5/c1-6-37-27(3)34-24-30(21-23-38(34)45(37)32-15-8-7-9-16-32)31-20-22-33-28(4)44(29(5)42-35-17-11-10-14-26(35)2)41-43-36-18-12-13-19-39(36)46(41)40(33)25-31/h6-25H,1-2,4-5H2,3H3. The Balaban J connectivity index is 1.28. The highest BCUT2D eigenvalue weighted by Gasteiger charge is 2.31. The molecule has 46 heavy (non-hydrogen) atoms. The summed E-state index contributed by atoms with van der Waals surface area (Å²) in [6, 6.07) is 31.8. The van der Waals surface area contributed by atoms with Crippen LogP contribution in [-0.2, 0) is 0 Å². The second-order valence-electron chi connectivity index (χ2n) is 11.5. The number of aryl methyl sites for hydroxylation is 1. The van der Waals surface area contributed by atoms with Gasteiger partial charge < -0.3 is 4.57 Å². The van der Waals surface area contributed by atoms with Crippen LogP contribution < -0.4 is 4.90 Å². The number of imidazole rings is 1. The minimum absolute atomic E-state index is 0.522. The van der Waals surface area contributed by atoms with E-state index in [4.69, 9.17) is 9.98 Å². The Morgan fingerprint density at radius 2 is 1.54 bits per heavy atom. The molecule has 0 saturated heterocycles. The summed E-state index contributed by atoms with van der Waals surface area (Å²) >= 11 is 0. The molecule has 0 N–H and O–H groups in total. The first-order valence-electron chi connectivity index (χ1n) is 15.2. The molecule has 0 radical (unpaired) electrons. The number of anilines is 1. The van der Waals surface area contributed by atoms with Crippen LogP contribution in [0.1, 0.15) is 16.8 Å². The quantitative estimate of drug-likeness (QED) is 0.200. The second-order valence-corrected chi connectivity index (χ2v) is 11.5. The first-order chi connectivity index (χ1) is 22.4. The van der Waals surface area contributed by atoms with E-state index in [0.717, 1.165) is 67.3 Å². The van der Waals surface area contributed by atoms with Gasteiger partial charge in [0.2, 0.25) is 5.95 Å². The molecule has 1 aliphatic carbocycles. The fraction of sp³-hybridized carbons (Fsp3) is 0.0244. The van der Waals surface area contributed by atoms with E-state index < -0.39 is 0 Å². The van der Waals surface area contributed by atoms with Gasteiger partial charge in [-0.25, -0.2) is 9.98 Å². The SMILES string of the molecule is C=Cc1c(C)c2cc(-c3ccc4c(c3)-n3c(nc5ccccc53)N(C(=C)N=C3C=CC=CC3=C)C4=C)ccc2n1-c1ccccc1. The predicted octanol–water partition coefficient (Wildman–Crippen LogP) is 9.97. The number of fused-ring (bicyclic) bond motifs is 6. The molecule has 2 aromatic heterocycles. The van der Waals surface area contributed by atoms with Crippen LogP contribution in [0, 0.1) is 6.92 Å². The van der Waals surface area contributed by atoms with Gasteiger partial charge in [-0.05, 0) is 83.8 Å². The Morgan fingerprint density at radius 1 is 0.804 bits per heavy atom. The number of allylic oxidation sites excluding steroid dienone is 5. The lowest BCUT2D eigenvalue weighted by Gasteiger charge is -2.33. The van der Waals surface area contributed by atoms with Gasteiger partial charge in [-0.1, -0.05) is 93.1 Å². The number of para-hydroxylation sites is 3. The van der Waals surface area contributed by atoms with Gasteiger partial charge in [0, 0.05) is 22.3 Å². The molecule has 0 atom stereocenters. The molecular formula is C41H31N5. The Labute approximate surface area is 268 Å². The summed E-state index contributed by atoms with van der Waals surface area (Å²) in [5, 5.41) is 1.20. The first-order valence-corrected chi connectivity index (χ1v) is 15.2. The van der Waals surface area contributed by atoms with Crippen molar-refractivity contribution in [3.05, 3.63) is 170 Å². The second kappa shape index (κ2) is 10.5.